The molecule has 2 atom stereocenters. The van der Waals surface area contributed by atoms with Gasteiger partial charge < -0.3 is 16.2 Å². The van der Waals surface area contributed by atoms with Crippen LogP contribution in [0.5, 0.6) is 0 Å². The molecule has 0 bridgehead atoms. The van der Waals surface area contributed by atoms with Crippen LogP contribution in [0.4, 0.5) is 0 Å². The molecule has 0 aliphatic heterocycles. The van der Waals surface area contributed by atoms with E-state index >= 15 is 0 Å². The first-order valence-corrected chi connectivity index (χ1v) is 6.93. The molecule has 1 aliphatic rings. The van der Waals surface area contributed by atoms with Crippen LogP contribution >= 0.6 is 0 Å². The minimum Gasteiger partial charge on any atom is -0.393 e. The van der Waals surface area contributed by atoms with Crippen LogP contribution in [0.25, 0.3) is 0 Å². The van der Waals surface area contributed by atoms with Crippen molar-refractivity contribution in [3.8, 4) is 0 Å². The SMILES string of the molecule is NCc1ccccc1CC(=O)NC1CCCC(O)C1. The fourth-order valence-electron chi connectivity index (χ4n) is 2.68. The Bertz CT molecular complexity index is 434. The first kappa shape index (κ1) is 14.0. The number of aliphatic hydroxyl groups excluding tert-OH is 1. The third-order valence-electron chi connectivity index (χ3n) is 3.70. The fourth-order valence-corrected chi connectivity index (χ4v) is 2.68. The van der Waals surface area contributed by atoms with Crippen molar-refractivity contribution in [2.24, 2.45) is 5.73 Å². The van der Waals surface area contributed by atoms with Gasteiger partial charge in [0.05, 0.1) is 12.5 Å². The number of amides is 1. The minimum atomic E-state index is -0.268. The number of carbonyl (C=O) groups excluding carboxylic acids is 1. The van der Waals surface area contributed by atoms with E-state index in [1.165, 1.54) is 0 Å². The van der Waals surface area contributed by atoms with E-state index in [9.17, 15) is 9.90 Å². The number of hydrogen-bond donors (Lipinski definition) is 3. The molecule has 1 aromatic rings. The van der Waals surface area contributed by atoms with Gasteiger partial charge in [-0.3, -0.25) is 4.79 Å². The summed E-state index contributed by atoms with van der Waals surface area (Å²) in [7, 11) is 0. The highest BCUT2D eigenvalue weighted by molar-refractivity contribution is 5.79. The third kappa shape index (κ3) is 4.04. The first-order valence-electron chi connectivity index (χ1n) is 6.93. The van der Waals surface area contributed by atoms with E-state index < -0.39 is 0 Å². The molecule has 1 saturated carbocycles. The molecule has 19 heavy (non-hydrogen) atoms. The zero-order valence-electron chi connectivity index (χ0n) is 11.1. The Hall–Kier alpha value is -1.39. The first-order chi connectivity index (χ1) is 9.19. The van der Waals surface area contributed by atoms with Crippen molar-refractivity contribution >= 4 is 5.91 Å². The Balaban J connectivity index is 1.90. The summed E-state index contributed by atoms with van der Waals surface area (Å²) in [4.78, 5) is 12.0. The molecule has 0 spiro atoms. The van der Waals surface area contributed by atoms with Gasteiger partial charge in [0.2, 0.25) is 5.91 Å². The van der Waals surface area contributed by atoms with Crippen LogP contribution in [-0.4, -0.2) is 23.2 Å². The predicted octanol–water partition coefficient (Wildman–Crippen LogP) is 1.11. The molecule has 2 rings (SSSR count). The lowest BCUT2D eigenvalue weighted by atomic mass is 9.93. The van der Waals surface area contributed by atoms with Gasteiger partial charge in [-0.2, -0.15) is 0 Å². The number of carbonyl (C=O) groups is 1. The number of rotatable bonds is 4. The molecule has 0 saturated heterocycles. The predicted molar refractivity (Wildman–Crippen MR) is 74.4 cm³/mol. The summed E-state index contributed by atoms with van der Waals surface area (Å²) >= 11 is 0. The summed E-state index contributed by atoms with van der Waals surface area (Å²) in [5.74, 6) is 0.0139. The molecular formula is C15H22N2O2. The van der Waals surface area contributed by atoms with E-state index in [2.05, 4.69) is 5.32 Å². The molecule has 1 amide bonds. The Morgan fingerprint density at radius 2 is 2.05 bits per heavy atom. The van der Waals surface area contributed by atoms with E-state index in [1.54, 1.807) is 0 Å². The molecule has 1 fully saturated rings. The molecule has 0 aromatic heterocycles. The number of benzene rings is 1. The van der Waals surface area contributed by atoms with E-state index in [0.717, 1.165) is 30.4 Å². The van der Waals surface area contributed by atoms with Gasteiger partial charge in [0.25, 0.3) is 0 Å². The van der Waals surface area contributed by atoms with Gasteiger partial charge >= 0.3 is 0 Å². The lowest BCUT2D eigenvalue weighted by Crippen LogP contribution is -2.40. The third-order valence-corrected chi connectivity index (χ3v) is 3.70. The molecule has 4 N–H and O–H groups in total. The summed E-state index contributed by atoms with van der Waals surface area (Å²) in [5.41, 5.74) is 7.66. The second-order valence-corrected chi connectivity index (χ2v) is 5.23. The molecular weight excluding hydrogens is 240 g/mol. The van der Waals surface area contributed by atoms with Crippen LogP contribution in [0.1, 0.15) is 36.8 Å². The monoisotopic (exact) mass is 262 g/mol. The smallest absolute Gasteiger partial charge is 0.224 e. The quantitative estimate of drug-likeness (QED) is 0.761. The van der Waals surface area contributed by atoms with Crippen molar-refractivity contribution in [1.82, 2.24) is 5.32 Å². The molecule has 0 heterocycles. The normalized spacial score (nSPS) is 23.1. The zero-order valence-corrected chi connectivity index (χ0v) is 11.1. The molecule has 4 heteroatoms. The van der Waals surface area contributed by atoms with Gasteiger partial charge in [0, 0.05) is 12.6 Å². The maximum Gasteiger partial charge on any atom is 0.224 e. The van der Waals surface area contributed by atoms with Gasteiger partial charge in [0.15, 0.2) is 0 Å². The summed E-state index contributed by atoms with van der Waals surface area (Å²) in [6, 6.07) is 7.86. The topological polar surface area (TPSA) is 75.4 Å². The van der Waals surface area contributed by atoms with E-state index in [4.69, 9.17) is 5.73 Å². The average molecular weight is 262 g/mol. The number of aliphatic hydroxyl groups is 1. The van der Waals surface area contributed by atoms with E-state index in [0.29, 0.717) is 19.4 Å². The standard InChI is InChI=1S/C15H22N2O2/c16-10-12-5-2-1-4-11(12)8-15(19)17-13-6-3-7-14(18)9-13/h1-2,4-5,13-14,18H,3,6-10,16H2,(H,17,19). The molecule has 104 valence electrons. The van der Waals surface area contributed by atoms with E-state index in [-0.39, 0.29) is 18.1 Å². The van der Waals surface area contributed by atoms with Crippen molar-refractivity contribution in [3.05, 3.63) is 35.4 Å². The Kier molecular flexibility index (Phi) is 4.93. The molecule has 2 unspecified atom stereocenters. The van der Waals surface area contributed by atoms with Crippen LogP contribution in [0, 0.1) is 0 Å². The highest BCUT2D eigenvalue weighted by Gasteiger charge is 2.21. The Morgan fingerprint density at radius 3 is 2.74 bits per heavy atom. The van der Waals surface area contributed by atoms with Gasteiger partial charge in [0.1, 0.15) is 0 Å². The number of hydrogen-bond acceptors (Lipinski definition) is 3. The van der Waals surface area contributed by atoms with Gasteiger partial charge in [-0.25, -0.2) is 0 Å². The largest absolute Gasteiger partial charge is 0.393 e. The maximum atomic E-state index is 12.0. The van der Waals surface area contributed by atoms with Crippen LogP contribution < -0.4 is 11.1 Å². The van der Waals surface area contributed by atoms with Gasteiger partial charge in [-0.05, 0) is 36.8 Å². The lowest BCUT2D eigenvalue weighted by molar-refractivity contribution is -0.121. The molecule has 4 nitrogen and oxygen atoms in total. The summed E-state index contributed by atoms with van der Waals surface area (Å²) < 4.78 is 0. The minimum absolute atomic E-state index is 0.0139. The Labute approximate surface area is 114 Å². The zero-order chi connectivity index (χ0) is 13.7. The number of nitrogens with two attached hydrogens (primary N) is 1. The summed E-state index contributed by atoms with van der Waals surface area (Å²) in [6.07, 6.45) is 3.55. The van der Waals surface area contributed by atoms with Gasteiger partial charge in [-0.15, -0.1) is 0 Å². The van der Waals surface area contributed by atoms with Crippen molar-refractivity contribution < 1.29 is 9.90 Å². The second-order valence-electron chi connectivity index (χ2n) is 5.23. The summed E-state index contributed by atoms with van der Waals surface area (Å²) in [5, 5.41) is 12.6. The van der Waals surface area contributed by atoms with Crippen molar-refractivity contribution in [2.75, 3.05) is 0 Å². The Morgan fingerprint density at radius 1 is 1.32 bits per heavy atom. The van der Waals surface area contributed by atoms with Crippen LogP contribution in [-0.2, 0) is 17.8 Å². The fraction of sp³-hybridized carbons (Fsp3) is 0.533. The maximum absolute atomic E-state index is 12.0. The van der Waals surface area contributed by atoms with Crippen LogP contribution in [0.15, 0.2) is 24.3 Å². The lowest BCUT2D eigenvalue weighted by Gasteiger charge is -2.26. The van der Waals surface area contributed by atoms with Crippen LogP contribution in [0.3, 0.4) is 0 Å². The molecule has 1 aromatic carbocycles. The average Bonchev–Trinajstić information content (AvgIpc) is 2.39. The van der Waals surface area contributed by atoms with E-state index in [1.807, 2.05) is 24.3 Å². The van der Waals surface area contributed by atoms with Crippen molar-refractivity contribution in [1.29, 1.82) is 0 Å². The van der Waals surface area contributed by atoms with Crippen molar-refractivity contribution in [3.63, 3.8) is 0 Å². The van der Waals surface area contributed by atoms with Gasteiger partial charge in [-0.1, -0.05) is 24.3 Å². The van der Waals surface area contributed by atoms with Crippen molar-refractivity contribution in [2.45, 2.75) is 50.8 Å². The highest BCUT2D eigenvalue weighted by atomic mass is 16.3. The molecule has 0 radical (unpaired) electrons. The molecule has 1 aliphatic carbocycles. The summed E-state index contributed by atoms with van der Waals surface area (Å²) in [6.45, 7) is 0.450. The van der Waals surface area contributed by atoms with Crippen LogP contribution in [0.2, 0.25) is 0 Å². The second kappa shape index (κ2) is 6.68. The highest BCUT2D eigenvalue weighted by Crippen LogP contribution is 2.18. The number of nitrogens with one attached hydrogen (secondary N) is 1.